The Kier molecular flexibility index (Phi) is 7.33. The second-order valence-corrected chi connectivity index (χ2v) is 11.1. The molecule has 194 valence electrons. The molecule has 11 heteroatoms. The van der Waals surface area contributed by atoms with Crippen molar-refractivity contribution >= 4 is 27.6 Å². The van der Waals surface area contributed by atoms with Crippen LogP contribution in [-0.2, 0) is 26.0 Å². The van der Waals surface area contributed by atoms with Crippen LogP contribution in [0.3, 0.4) is 0 Å². The normalized spacial score (nSPS) is 15.0. The summed E-state index contributed by atoms with van der Waals surface area (Å²) in [4.78, 5) is 23.4. The van der Waals surface area contributed by atoms with Crippen LogP contribution in [0.15, 0.2) is 17.3 Å². The number of benzene rings is 1. The van der Waals surface area contributed by atoms with Crippen molar-refractivity contribution < 1.29 is 17.9 Å². The first-order chi connectivity index (χ1) is 17.1. The van der Waals surface area contributed by atoms with E-state index in [1.165, 1.54) is 6.33 Å². The van der Waals surface area contributed by atoms with Gasteiger partial charge in [0.2, 0.25) is 10.0 Å². The van der Waals surface area contributed by atoms with Crippen molar-refractivity contribution in [3.63, 3.8) is 0 Å². The van der Waals surface area contributed by atoms with Gasteiger partial charge in [0.1, 0.15) is 12.1 Å². The molecule has 0 N–H and O–H groups in total. The fraction of sp³-hybridized carbons (Fsp3) is 0.520. The van der Waals surface area contributed by atoms with Gasteiger partial charge in [-0.05, 0) is 70.2 Å². The highest BCUT2D eigenvalue weighted by molar-refractivity contribution is 7.89. The highest BCUT2D eigenvalue weighted by Crippen LogP contribution is 2.31. The van der Waals surface area contributed by atoms with E-state index >= 15 is 0 Å². The molecular formula is C25H34N6O4S. The lowest BCUT2D eigenvalue weighted by atomic mass is 10.0. The number of esters is 1. The standard InChI is InChI=1S/C25H34N6O4S/c1-7-35-22(32)9-8-21-20(6)28-25-26-15-27-31(25)24(21)29-10-12-30(13-11-29)36(33,34)23-18(4)16(2)14-17(3)19(23)5/h14-15H,7-13H2,1-6H3. The largest absolute Gasteiger partial charge is 0.466 e. The zero-order chi connectivity index (χ0) is 26.2. The lowest BCUT2D eigenvalue weighted by molar-refractivity contribution is -0.143. The van der Waals surface area contributed by atoms with Gasteiger partial charge in [0.15, 0.2) is 0 Å². The van der Waals surface area contributed by atoms with Crippen LogP contribution in [0.2, 0.25) is 0 Å². The Balaban J connectivity index is 1.63. The number of aromatic nitrogens is 4. The third kappa shape index (κ3) is 4.69. The van der Waals surface area contributed by atoms with Crippen LogP contribution in [0.5, 0.6) is 0 Å². The molecule has 0 amide bonds. The van der Waals surface area contributed by atoms with E-state index in [2.05, 4.69) is 20.0 Å². The van der Waals surface area contributed by atoms with Gasteiger partial charge in [0, 0.05) is 43.9 Å². The number of rotatable bonds is 7. The summed E-state index contributed by atoms with van der Waals surface area (Å²) in [5, 5.41) is 4.37. The molecule has 1 saturated heterocycles. The summed E-state index contributed by atoms with van der Waals surface area (Å²) in [6.45, 7) is 13.3. The number of piperazine rings is 1. The summed E-state index contributed by atoms with van der Waals surface area (Å²) in [6, 6.07) is 2.04. The summed E-state index contributed by atoms with van der Waals surface area (Å²) in [5.74, 6) is 1.01. The third-order valence-electron chi connectivity index (χ3n) is 7.02. The van der Waals surface area contributed by atoms with Crippen molar-refractivity contribution in [1.29, 1.82) is 0 Å². The number of carbonyl (C=O) groups excluding carboxylic acids is 1. The summed E-state index contributed by atoms with van der Waals surface area (Å²) in [5.41, 5.74) is 5.21. The molecule has 3 aromatic rings. The summed E-state index contributed by atoms with van der Waals surface area (Å²) in [6.07, 6.45) is 2.12. The van der Waals surface area contributed by atoms with E-state index in [1.807, 2.05) is 40.7 Å². The van der Waals surface area contributed by atoms with E-state index < -0.39 is 10.0 Å². The first-order valence-electron chi connectivity index (χ1n) is 12.2. The van der Waals surface area contributed by atoms with Gasteiger partial charge >= 0.3 is 5.97 Å². The molecule has 0 bridgehead atoms. The smallest absolute Gasteiger partial charge is 0.306 e. The van der Waals surface area contributed by atoms with Crippen molar-refractivity contribution in [3.05, 3.63) is 45.9 Å². The van der Waals surface area contributed by atoms with Gasteiger partial charge in [-0.3, -0.25) is 4.79 Å². The fourth-order valence-electron chi connectivity index (χ4n) is 4.88. The minimum atomic E-state index is -3.65. The average molecular weight is 515 g/mol. The number of sulfonamides is 1. The summed E-state index contributed by atoms with van der Waals surface area (Å²) < 4.78 is 35.8. The Bertz CT molecular complexity index is 1380. The molecule has 36 heavy (non-hydrogen) atoms. The van der Waals surface area contributed by atoms with Crippen LogP contribution in [-0.4, -0.2) is 71.1 Å². The zero-order valence-electron chi connectivity index (χ0n) is 21.8. The van der Waals surface area contributed by atoms with Crippen LogP contribution in [0, 0.1) is 34.6 Å². The quantitative estimate of drug-likeness (QED) is 0.443. The molecule has 0 radical (unpaired) electrons. The van der Waals surface area contributed by atoms with Crippen molar-refractivity contribution in [3.8, 4) is 0 Å². The minimum absolute atomic E-state index is 0.225. The molecule has 0 saturated carbocycles. The number of nitrogens with zero attached hydrogens (tertiary/aromatic N) is 6. The SMILES string of the molecule is CCOC(=O)CCc1c(C)nc2ncnn2c1N1CCN(S(=O)(=O)c2c(C)c(C)cc(C)c2C)CC1. The highest BCUT2D eigenvalue weighted by atomic mass is 32.2. The Morgan fingerprint density at radius 1 is 1.03 bits per heavy atom. The topological polar surface area (TPSA) is 110 Å². The number of carbonyl (C=O) groups is 1. The Hall–Kier alpha value is -3.05. The molecule has 0 atom stereocenters. The zero-order valence-corrected chi connectivity index (χ0v) is 22.6. The molecular weight excluding hydrogens is 480 g/mol. The number of hydrogen-bond donors (Lipinski definition) is 0. The number of fused-ring (bicyclic) bond motifs is 1. The number of hydrogen-bond acceptors (Lipinski definition) is 8. The van der Waals surface area contributed by atoms with Gasteiger partial charge in [-0.1, -0.05) is 6.07 Å². The lowest BCUT2D eigenvalue weighted by Crippen LogP contribution is -2.49. The van der Waals surface area contributed by atoms with Crippen LogP contribution in [0.4, 0.5) is 5.82 Å². The molecule has 1 fully saturated rings. The molecule has 2 aromatic heterocycles. The van der Waals surface area contributed by atoms with Crippen molar-refractivity contribution in [2.24, 2.45) is 0 Å². The van der Waals surface area contributed by atoms with E-state index in [0.29, 0.717) is 49.9 Å². The van der Waals surface area contributed by atoms with Gasteiger partial charge in [-0.25, -0.2) is 13.4 Å². The molecule has 4 rings (SSSR count). The van der Waals surface area contributed by atoms with Crippen LogP contribution in [0.1, 0.15) is 46.9 Å². The highest BCUT2D eigenvalue weighted by Gasteiger charge is 2.33. The number of aryl methyl sites for hydroxylation is 3. The third-order valence-corrected chi connectivity index (χ3v) is 9.20. The molecule has 3 heterocycles. The Morgan fingerprint density at radius 3 is 2.28 bits per heavy atom. The molecule has 10 nitrogen and oxygen atoms in total. The van der Waals surface area contributed by atoms with Gasteiger partial charge in [-0.15, -0.1) is 0 Å². The molecule has 1 aliphatic rings. The van der Waals surface area contributed by atoms with Gasteiger partial charge in [-0.2, -0.15) is 18.9 Å². The van der Waals surface area contributed by atoms with Crippen molar-refractivity contribution in [1.82, 2.24) is 23.9 Å². The maximum Gasteiger partial charge on any atom is 0.306 e. The fourth-order valence-corrected chi connectivity index (χ4v) is 6.88. The molecule has 1 aromatic carbocycles. The Labute approximate surface area is 212 Å². The van der Waals surface area contributed by atoms with E-state index in [4.69, 9.17) is 4.74 Å². The monoisotopic (exact) mass is 514 g/mol. The second-order valence-electron chi connectivity index (χ2n) is 9.26. The van der Waals surface area contributed by atoms with Crippen LogP contribution in [0.25, 0.3) is 5.78 Å². The van der Waals surface area contributed by atoms with Crippen LogP contribution < -0.4 is 4.90 Å². The molecule has 0 unspecified atom stereocenters. The van der Waals surface area contributed by atoms with Gasteiger partial charge in [0.05, 0.1) is 11.5 Å². The number of anilines is 1. The van der Waals surface area contributed by atoms with Gasteiger partial charge < -0.3 is 9.64 Å². The first kappa shape index (κ1) is 26.0. The van der Waals surface area contributed by atoms with Crippen molar-refractivity contribution in [2.75, 3.05) is 37.7 Å². The summed E-state index contributed by atoms with van der Waals surface area (Å²) >= 11 is 0. The van der Waals surface area contributed by atoms with E-state index in [0.717, 1.165) is 39.3 Å². The Morgan fingerprint density at radius 2 is 1.67 bits per heavy atom. The maximum absolute atomic E-state index is 13.7. The van der Waals surface area contributed by atoms with E-state index in [-0.39, 0.29) is 12.4 Å². The predicted octanol–water partition coefficient (Wildman–Crippen LogP) is 2.67. The summed E-state index contributed by atoms with van der Waals surface area (Å²) in [7, 11) is -3.65. The lowest BCUT2D eigenvalue weighted by Gasteiger charge is -2.36. The predicted molar refractivity (Wildman–Crippen MR) is 137 cm³/mol. The second kappa shape index (κ2) is 10.1. The maximum atomic E-state index is 13.7. The number of ether oxygens (including phenoxy) is 1. The van der Waals surface area contributed by atoms with Gasteiger partial charge in [0.25, 0.3) is 5.78 Å². The molecule has 1 aliphatic heterocycles. The van der Waals surface area contributed by atoms with Crippen molar-refractivity contribution in [2.45, 2.75) is 59.3 Å². The van der Waals surface area contributed by atoms with Crippen LogP contribution >= 0.6 is 0 Å². The first-order valence-corrected chi connectivity index (χ1v) is 13.7. The minimum Gasteiger partial charge on any atom is -0.466 e. The van der Waals surface area contributed by atoms with E-state index in [9.17, 15) is 13.2 Å². The average Bonchev–Trinajstić information content (AvgIpc) is 3.29. The molecule has 0 spiro atoms. The molecule has 0 aliphatic carbocycles. The van der Waals surface area contributed by atoms with E-state index in [1.54, 1.807) is 15.7 Å².